The van der Waals surface area contributed by atoms with Crippen molar-refractivity contribution in [2.24, 2.45) is 5.92 Å². The lowest BCUT2D eigenvalue weighted by Gasteiger charge is -2.28. The molecule has 2 heterocycles. The Morgan fingerprint density at radius 3 is 2.33 bits per heavy atom. The summed E-state index contributed by atoms with van der Waals surface area (Å²) in [5.41, 5.74) is 4.18. The van der Waals surface area contributed by atoms with Gasteiger partial charge in [-0.15, -0.1) is 13.2 Å². The van der Waals surface area contributed by atoms with E-state index in [4.69, 9.17) is 5.11 Å². The molecular weight excluding hydrogens is 473 g/mol. The first-order valence-electron chi connectivity index (χ1n) is 11.6. The van der Waals surface area contributed by atoms with E-state index in [-0.39, 0.29) is 18.1 Å². The van der Waals surface area contributed by atoms with E-state index >= 15 is 0 Å². The molecule has 10 heteroatoms. The van der Waals surface area contributed by atoms with Crippen LogP contribution < -0.4 is 4.74 Å². The summed E-state index contributed by atoms with van der Waals surface area (Å²) in [6.45, 7) is 0. The molecular formula is C26H23F3N4O3. The van der Waals surface area contributed by atoms with Crippen LogP contribution >= 0.6 is 0 Å². The fraction of sp³-hybridized carbons (Fsp3) is 0.308. The van der Waals surface area contributed by atoms with Crippen LogP contribution in [-0.4, -0.2) is 37.4 Å². The molecule has 0 aliphatic heterocycles. The maximum atomic E-state index is 12.5. The molecule has 0 saturated heterocycles. The molecule has 0 amide bonds. The second-order valence-corrected chi connectivity index (χ2v) is 9.04. The third-order valence-corrected chi connectivity index (χ3v) is 6.57. The highest BCUT2D eigenvalue weighted by Crippen LogP contribution is 2.37. The summed E-state index contributed by atoms with van der Waals surface area (Å²) in [5.74, 6) is 0.0480. The molecule has 0 bridgehead atoms. The van der Waals surface area contributed by atoms with Gasteiger partial charge in [-0.05, 0) is 55.2 Å². The summed E-state index contributed by atoms with van der Waals surface area (Å²) < 4.78 is 41.4. The van der Waals surface area contributed by atoms with Gasteiger partial charge in [0.05, 0.1) is 29.1 Å². The van der Waals surface area contributed by atoms with Gasteiger partial charge in [-0.2, -0.15) is 0 Å². The zero-order valence-electron chi connectivity index (χ0n) is 19.1. The number of nitrogens with zero attached hydrogens (tertiary/aromatic N) is 3. The SMILES string of the molecule is O=C(O)CC1CCC(c2ccc(-c3cnc(-c4nc5ccc(OC(F)(F)F)cc5[nH]4)cn3)cc2)CC1. The van der Waals surface area contributed by atoms with Crippen molar-refractivity contribution in [3.05, 3.63) is 60.4 Å². The fourth-order valence-electron chi connectivity index (χ4n) is 4.78. The Bertz CT molecular complexity index is 1360. The summed E-state index contributed by atoms with van der Waals surface area (Å²) in [6, 6.07) is 12.1. The lowest BCUT2D eigenvalue weighted by Crippen LogP contribution is -2.16. The number of carboxylic acid groups (broad SMARTS) is 1. The number of nitrogens with one attached hydrogen (secondary N) is 1. The Hall–Kier alpha value is -3.95. The molecule has 1 fully saturated rings. The average Bonchev–Trinajstić information content (AvgIpc) is 3.27. The van der Waals surface area contributed by atoms with Crippen molar-refractivity contribution in [1.82, 2.24) is 19.9 Å². The van der Waals surface area contributed by atoms with Crippen LogP contribution in [0.15, 0.2) is 54.9 Å². The first kappa shape index (κ1) is 23.8. The normalized spacial score (nSPS) is 18.3. The van der Waals surface area contributed by atoms with Crippen molar-refractivity contribution in [3.8, 4) is 28.5 Å². The number of aliphatic carboxylic acids is 1. The molecule has 1 saturated carbocycles. The molecule has 0 spiro atoms. The number of carboxylic acids is 1. The number of imidazole rings is 1. The lowest BCUT2D eigenvalue weighted by atomic mass is 9.77. The van der Waals surface area contributed by atoms with Crippen LogP contribution in [0.3, 0.4) is 0 Å². The van der Waals surface area contributed by atoms with Crippen LogP contribution in [0.2, 0.25) is 0 Å². The molecule has 2 N–H and O–H groups in total. The van der Waals surface area contributed by atoms with Crippen molar-refractivity contribution < 1.29 is 27.8 Å². The van der Waals surface area contributed by atoms with Crippen LogP contribution in [0.25, 0.3) is 33.8 Å². The molecule has 1 aliphatic rings. The minimum absolute atomic E-state index is 0.252. The van der Waals surface area contributed by atoms with E-state index in [0.29, 0.717) is 34.2 Å². The number of carbonyl (C=O) groups is 1. The number of halogens is 3. The standard InChI is InChI=1S/C26H23F3N4O3/c27-26(28,29)36-19-9-10-20-21(12-19)33-25(32-20)23-14-30-22(13-31-23)18-7-5-17(6-8-18)16-3-1-15(2-4-16)11-24(34)35/h5-10,12-16H,1-4,11H2,(H,32,33)(H,34,35). The van der Waals surface area contributed by atoms with Crippen molar-refractivity contribution in [2.75, 3.05) is 0 Å². The Morgan fingerprint density at radius 1 is 1.00 bits per heavy atom. The highest BCUT2D eigenvalue weighted by molar-refractivity contribution is 5.80. The minimum Gasteiger partial charge on any atom is -0.481 e. The Balaban J connectivity index is 1.26. The highest BCUT2D eigenvalue weighted by Gasteiger charge is 2.31. The predicted molar refractivity (Wildman–Crippen MR) is 126 cm³/mol. The number of alkyl halides is 3. The van der Waals surface area contributed by atoms with Gasteiger partial charge in [-0.1, -0.05) is 24.3 Å². The highest BCUT2D eigenvalue weighted by atomic mass is 19.4. The second kappa shape index (κ2) is 9.60. The Kier molecular flexibility index (Phi) is 6.34. The monoisotopic (exact) mass is 496 g/mol. The van der Waals surface area contributed by atoms with Crippen molar-refractivity contribution in [3.63, 3.8) is 0 Å². The van der Waals surface area contributed by atoms with Crippen molar-refractivity contribution in [1.29, 1.82) is 0 Å². The smallest absolute Gasteiger partial charge is 0.481 e. The number of hydrogen-bond acceptors (Lipinski definition) is 5. The van der Waals surface area contributed by atoms with Gasteiger partial charge in [0.2, 0.25) is 0 Å². The maximum absolute atomic E-state index is 12.5. The molecule has 1 aliphatic carbocycles. The number of benzene rings is 2. The van der Waals surface area contributed by atoms with Gasteiger partial charge in [-0.25, -0.2) is 9.97 Å². The molecule has 2 aromatic heterocycles. The Morgan fingerprint density at radius 2 is 1.69 bits per heavy atom. The quantitative estimate of drug-likeness (QED) is 0.323. The summed E-state index contributed by atoms with van der Waals surface area (Å²) >= 11 is 0. The van der Waals surface area contributed by atoms with Crippen LogP contribution in [0.1, 0.15) is 43.6 Å². The first-order chi connectivity index (χ1) is 17.2. The van der Waals surface area contributed by atoms with Crippen molar-refractivity contribution in [2.45, 2.75) is 44.4 Å². The van der Waals surface area contributed by atoms with E-state index in [1.54, 1.807) is 12.4 Å². The molecule has 2 aromatic carbocycles. The summed E-state index contributed by atoms with van der Waals surface area (Å²) in [6.07, 6.45) is 2.54. The molecule has 36 heavy (non-hydrogen) atoms. The van der Waals surface area contributed by atoms with Gasteiger partial charge in [0.1, 0.15) is 11.4 Å². The van der Waals surface area contributed by atoms with E-state index < -0.39 is 12.3 Å². The predicted octanol–water partition coefficient (Wildman–Crippen LogP) is 6.33. The van der Waals surface area contributed by atoms with Gasteiger partial charge >= 0.3 is 12.3 Å². The topological polar surface area (TPSA) is 101 Å². The van der Waals surface area contributed by atoms with Crippen LogP contribution in [0.5, 0.6) is 5.75 Å². The van der Waals surface area contributed by atoms with Crippen LogP contribution in [-0.2, 0) is 4.79 Å². The van der Waals surface area contributed by atoms with Crippen LogP contribution in [0.4, 0.5) is 13.2 Å². The van der Waals surface area contributed by atoms with E-state index in [2.05, 4.69) is 36.8 Å². The van der Waals surface area contributed by atoms with Gasteiger partial charge in [0.15, 0.2) is 5.82 Å². The summed E-state index contributed by atoms with van der Waals surface area (Å²) in [5, 5.41) is 8.99. The number of fused-ring (bicyclic) bond motifs is 1. The molecule has 0 radical (unpaired) electrons. The zero-order valence-corrected chi connectivity index (χ0v) is 19.1. The van der Waals surface area contributed by atoms with E-state index in [0.717, 1.165) is 31.2 Å². The number of aromatic amines is 1. The number of rotatable bonds is 6. The molecule has 0 atom stereocenters. The number of aromatic nitrogens is 4. The lowest BCUT2D eigenvalue weighted by molar-refractivity contribution is -0.274. The van der Waals surface area contributed by atoms with Gasteiger partial charge < -0.3 is 14.8 Å². The van der Waals surface area contributed by atoms with E-state index in [1.807, 2.05) is 12.1 Å². The zero-order chi connectivity index (χ0) is 25.3. The van der Waals surface area contributed by atoms with Crippen molar-refractivity contribution >= 4 is 17.0 Å². The summed E-state index contributed by atoms with van der Waals surface area (Å²) in [7, 11) is 0. The first-order valence-corrected chi connectivity index (χ1v) is 11.6. The molecule has 186 valence electrons. The van der Waals surface area contributed by atoms with E-state index in [1.165, 1.54) is 23.8 Å². The largest absolute Gasteiger partial charge is 0.573 e. The fourth-order valence-corrected chi connectivity index (χ4v) is 4.78. The molecule has 7 nitrogen and oxygen atoms in total. The molecule has 5 rings (SSSR count). The van der Waals surface area contributed by atoms with E-state index in [9.17, 15) is 18.0 Å². The number of H-pyrrole nitrogens is 1. The maximum Gasteiger partial charge on any atom is 0.573 e. The second-order valence-electron chi connectivity index (χ2n) is 9.04. The third kappa shape index (κ3) is 5.48. The average molecular weight is 496 g/mol. The Labute approximate surface area is 204 Å². The van der Waals surface area contributed by atoms with Gasteiger partial charge in [0, 0.05) is 18.1 Å². The third-order valence-electron chi connectivity index (χ3n) is 6.57. The number of hydrogen-bond donors (Lipinski definition) is 2. The van der Waals surface area contributed by atoms with Gasteiger partial charge in [0.25, 0.3) is 0 Å². The number of ether oxygens (including phenoxy) is 1. The van der Waals surface area contributed by atoms with Crippen LogP contribution in [0, 0.1) is 5.92 Å². The molecule has 4 aromatic rings. The molecule has 0 unspecified atom stereocenters. The summed E-state index contributed by atoms with van der Waals surface area (Å²) in [4.78, 5) is 27.2. The van der Waals surface area contributed by atoms with Gasteiger partial charge in [-0.3, -0.25) is 9.78 Å². The minimum atomic E-state index is -4.77.